The Hall–Kier alpha value is -1.39. The van der Waals surface area contributed by atoms with Crippen molar-refractivity contribution in [2.75, 3.05) is 26.4 Å². The lowest BCUT2D eigenvalue weighted by molar-refractivity contribution is -0.162. The third-order valence-electron chi connectivity index (χ3n) is 4.73. The molecule has 1 aliphatic rings. The molecule has 7 nitrogen and oxygen atoms in total. The molecule has 30 heavy (non-hydrogen) atoms. The monoisotopic (exact) mass is 534 g/mol. The number of aliphatic hydroxyl groups excluding tert-OH is 1. The molecule has 1 saturated heterocycles. The molecule has 1 fully saturated rings. The Balaban J connectivity index is 1.70. The zero-order valence-electron chi connectivity index (χ0n) is 18.0. The zero-order chi connectivity index (χ0) is 22.4. The number of hydrogen-bond donors (Lipinski definition) is 1. The van der Waals surface area contributed by atoms with Crippen LogP contribution in [0.15, 0.2) is 24.3 Å². The van der Waals surface area contributed by atoms with Crippen molar-refractivity contribution in [3.8, 4) is 5.75 Å². The largest absolute Gasteiger partial charge is 0.491 e. The van der Waals surface area contributed by atoms with Crippen LogP contribution in [0.4, 0.5) is 0 Å². The molecule has 1 aliphatic heterocycles. The molecule has 1 heterocycles. The van der Waals surface area contributed by atoms with Gasteiger partial charge in [0, 0.05) is 9.99 Å². The molecule has 0 spiro atoms. The van der Waals surface area contributed by atoms with Crippen LogP contribution in [0.5, 0.6) is 5.75 Å². The lowest BCUT2D eigenvalue weighted by Gasteiger charge is -2.31. The second-order valence-electron chi connectivity index (χ2n) is 8.84. The van der Waals surface area contributed by atoms with Gasteiger partial charge >= 0.3 is 11.9 Å². The molecule has 1 aromatic rings. The highest BCUT2D eigenvalue weighted by molar-refractivity contribution is 14.1. The van der Waals surface area contributed by atoms with Crippen LogP contribution in [0.2, 0.25) is 0 Å². The van der Waals surface area contributed by atoms with Crippen LogP contribution >= 0.6 is 22.6 Å². The number of benzene rings is 1. The van der Waals surface area contributed by atoms with E-state index in [0.29, 0.717) is 12.4 Å². The molecule has 0 aromatic heterocycles. The highest BCUT2D eigenvalue weighted by Gasteiger charge is 2.41. The molecule has 168 valence electrons. The highest BCUT2D eigenvalue weighted by atomic mass is 127. The zero-order valence-corrected chi connectivity index (χ0v) is 20.1. The molecule has 0 aliphatic carbocycles. The van der Waals surface area contributed by atoms with Crippen molar-refractivity contribution in [3.63, 3.8) is 0 Å². The summed E-state index contributed by atoms with van der Waals surface area (Å²) >= 11 is 2.21. The smallest absolute Gasteiger partial charge is 0.311 e. The predicted octanol–water partition coefficient (Wildman–Crippen LogP) is 3.35. The third-order valence-corrected chi connectivity index (χ3v) is 5.45. The van der Waals surface area contributed by atoms with Crippen molar-refractivity contribution >= 4 is 34.5 Å². The third kappa shape index (κ3) is 8.39. The summed E-state index contributed by atoms with van der Waals surface area (Å²) in [5.74, 6) is -0.100. The lowest BCUT2D eigenvalue weighted by Crippen LogP contribution is -2.37. The van der Waals surface area contributed by atoms with Crippen molar-refractivity contribution in [1.29, 1.82) is 0 Å². The summed E-state index contributed by atoms with van der Waals surface area (Å²) in [7, 11) is 0. The molecule has 0 bridgehead atoms. The minimum Gasteiger partial charge on any atom is -0.491 e. The summed E-state index contributed by atoms with van der Waals surface area (Å²) in [5, 5.41) is 10.1. The summed E-state index contributed by atoms with van der Waals surface area (Å²) in [5.41, 5.74) is -1.71. The van der Waals surface area contributed by atoms with Crippen LogP contribution in [0, 0.1) is 14.4 Å². The first kappa shape index (κ1) is 24.9. The fraction of sp³-hybridized carbons (Fsp3) is 0.636. The van der Waals surface area contributed by atoms with Gasteiger partial charge in [-0.15, -0.1) is 0 Å². The topological polar surface area (TPSA) is 94.6 Å². The molecular weight excluding hydrogens is 503 g/mol. The molecule has 8 heteroatoms. The van der Waals surface area contributed by atoms with E-state index in [4.69, 9.17) is 18.9 Å². The fourth-order valence-corrected chi connectivity index (χ4v) is 3.43. The molecule has 0 saturated carbocycles. The second kappa shape index (κ2) is 10.8. The van der Waals surface area contributed by atoms with E-state index in [1.54, 1.807) is 27.7 Å². The number of halogens is 1. The van der Waals surface area contributed by atoms with E-state index in [9.17, 15) is 14.7 Å². The number of hydrogen-bond acceptors (Lipinski definition) is 7. The van der Waals surface area contributed by atoms with E-state index in [1.165, 1.54) is 0 Å². The summed E-state index contributed by atoms with van der Waals surface area (Å²) in [6.07, 6.45) is -0.208. The Bertz CT molecular complexity index is 711. The van der Waals surface area contributed by atoms with Gasteiger partial charge in [0.25, 0.3) is 0 Å². The molecule has 1 aromatic carbocycles. The Morgan fingerprint density at radius 2 is 1.70 bits per heavy atom. The first-order chi connectivity index (χ1) is 14.0. The van der Waals surface area contributed by atoms with Crippen LogP contribution in [-0.2, 0) is 23.8 Å². The van der Waals surface area contributed by atoms with Gasteiger partial charge in [0.05, 0.1) is 30.1 Å². The van der Waals surface area contributed by atoms with E-state index in [0.717, 1.165) is 3.57 Å². The first-order valence-corrected chi connectivity index (χ1v) is 11.1. The maximum Gasteiger partial charge on any atom is 0.311 e. The Morgan fingerprint density at radius 3 is 2.27 bits per heavy atom. The predicted molar refractivity (Wildman–Crippen MR) is 119 cm³/mol. The van der Waals surface area contributed by atoms with Crippen LogP contribution in [-0.4, -0.2) is 55.7 Å². The van der Waals surface area contributed by atoms with Gasteiger partial charge in [-0.25, -0.2) is 0 Å². The minimum absolute atomic E-state index is 0.00350. The SMILES string of the molecule is CC(C)(CC(C)(C)C(=O)OCC1CO1)C(=O)OCCC(O)COc1ccc(I)cc1. The van der Waals surface area contributed by atoms with Crippen LogP contribution < -0.4 is 4.74 Å². The number of aliphatic hydroxyl groups is 1. The molecule has 1 N–H and O–H groups in total. The Labute approximate surface area is 191 Å². The van der Waals surface area contributed by atoms with Gasteiger partial charge < -0.3 is 24.1 Å². The van der Waals surface area contributed by atoms with Gasteiger partial charge in [-0.05, 0) is 81.0 Å². The quantitative estimate of drug-likeness (QED) is 0.250. The number of ether oxygens (including phenoxy) is 4. The van der Waals surface area contributed by atoms with Crippen LogP contribution in [0.3, 0.4) is 0 Å². The maximum atomic E-state index is 12.5. The molecular formula is C22H31IO7. The highest BCUT2D eigenvalue weighted by Crippen LogP contribution is 2.36. The van der Waals surface area contributed by atoms with Crippen LogP contribution in [0.1, 0.15) is 40.5 Å². The van der Waals surface area contributed by atoms with Crippen molar-refractivity contribution < 1.29 is 33.6 Å². The van der Waals surface area contributed by atoms with Gasteiger partial charge in [0.2, 0.25) is 0 Å². The van der Waals surface area contributed by atoms with Gasteiger partial charge in [-0.1, -0.05) is 0 Å². The van der Waals surface area contributed by atoms with Gasteiger partial charge in [-0.2, -0.15) is 0 Å². The lowest BCUT2D eigenvalue weighted by atomic mass is 9.75. The summed E-state index contributed by atoms with van der Waals surface area (Å²) < 4.78 is 22.3. The van der Waals surface area contributed by atoms with E-state index in [-0.39, 0.29) is 44.7 Å². The van der Waals surface area contributed by atoms with Gasteiger partial charge in [-0.3, -0.25) is 9.59 Å². The average molecular weight is 534 g/mol. The number of carbonyl (C=O) groups is 2. The van der Waals surface area contributed by atoms with Crippen molar-refractivity contribution in [2.45, 2.75) is 52.7 Å². The number of rotatable bonds is 12. The van der Waals surface area contributed by atoms with E-state index >= 15 is 0 Å². The molecule has 0 radical (unpaired) electrons. The normalized spacial score (nSPS) is 17.2. The van der Waals surface area contributed by atoms with Gasteiger partial charge in [0.1, 0.15) is 25.1 Å². The maximum absolute atomic E-state index is 12.5. The van der Waals surface area contributed by atoms with E-state index in [1.807, 2.05) is 24.3 Å². The molecule has 0 amide bonds. The Kier molecular flexibility index (Phi) is 8.93. The van der Waals surface area contributed by atoms with Crippen molar-refractivity contribution in [2.24, 2.45) is 10.8 Å². The summed E-state index contributed by atoms with van der Waals surface area (Å²) in [6, 6.07) is 7.51. The average Bonchev–Trinajstić information content (AvgIpc) is 3.49. The molecule has 2 rings (SSSR count). The second-order valence-corrected chi connectivity index (χ2v) is 10.1. The van der Waals surface area contributed by atoms with Gasteiger partial charge in [0.15, 0.2) is 0 Å². The fourth-order valence-electron chi connectivity index (χ4n) is 3.07. The number of epoxide rings is 1. The first-order valence-electron chi connectivity index (χ1n) is 10.0. The standard InChI is InChI=1S/C22H31IO7/c1-21(2,14-22(3,4)20(26)30-13-18-12-29-18)19(25)27-10-9-16(24)11-28-17-7-5-15(23)6-8-17/h5-8,16,18,24H,9-14H2,1-4H3. The summed E-state index contributed by atoms with van der Waals surface area (Å²) in [6.45, 7) is 8.04. The van der Waals surface area contributed by atoms with Crippen molar-refractivity contribution in [3.05, 3.63) is 27.8 Å². The molecule has 2 atom stereocenters. The summed E-state index contributed by atoms with van der Waals surface area (Å²) in [4.78, 5) is 24.9. The molecule has 2 unspecified atom stereocenters. The van der Waals surface area contributed by atoms with E-state index in [2.05, 4.69) is 22.6 Å². The number of esters is 2. The van der Waals surface area contributed by atoms with Crippen LogP contribution in [0.25, 0.3) is 0 Å². The van der Waals surface area contributed by atoms with E-state index < -0.39 is 22.9 Å². The Morgan fingerprint density at radius 1 is 1.13 bits per heavy atom. The van der Waals surface area contributed by atoms with Crippen molar-refractivity contribution in [1.82, 2.24) is 0 Å². The number of carbonyl (C=O) groups excluding carboxylic acids is 2. The minimum atomic E-state index is -0.874.